The van der Waals surface area contributed by atoms with Crippen LogP contribution in [0.15, 0.2) is 58.0 Å². The number of carbonyl (C=O) groups excluding carboxylic acids is 1. The Balaban J connectivity index is 1.84. The van der Waals surface area contributed by atoms with Crippen LogP contribution in [-0.4, -0.2) is 16.7 Å². The lowest BCUT2D eigenvalue weighted by Gasteiger charge is -2.06. The molecule has 0 unspecified atom stereocenters. The van der Waals surface area contributed by atoms with Crippen LogP contribution < -0.4 is 5.43 Å². The van der Waals surface area contributed by atoms with Gasteiger partial charge in [0.1, 0.15) is 23.0 Å². The number of hydrogen-bond donors (Lipinski definition) is 2. The van der Waals surface area contributed by atoms with Gasteiger partial charge in [-0.1, -0.05) is 24.3 Å². The number of phenolic OH excluding ortho intramolecular Hbond substituents is 1. The van der Waals surface area contributed by atoms with Crippen LogP contribution in [0.4, 0.5) is 0 Å². The first-order valence-corrected chi connectivity index (χ1v) is 7.18. The Labute approximate surface area is 133 Å². The summed E-state index contributed by atoms with van der Waals surface area (Å²) in [6, 6.07) is 14.3. The summed E-state index contributed by atoms with van der Waals surface area (Å²) >= 11 is 0. The number of benzene rings is 2. The molecule has 0 aliphatic rings. The lowest BCUT2D eigenvalue weighted by atomic mass is 10.1. The van der Waals surface area contributed by atoms with Crippen LogP contribution in [0.2, 0.25) is 0 Å². The average Bonchev–Trinajstić information content (AvgIpc) is 2.98. The number of carbonyl (C=O) groups is 1. The number of amides is 1. The predicted molar refractivity (Wildman–Crippen MR) is 88.7 cm³/mol. The van der Waals surface area contributed by atoms with Crippen molar-refractivity contribution in [1.82, 2.24) is 5.43 Å². The molecule has 0 spiro atoms. The zero-order chi connectivity index (χ0) is 16.4. The van der Waals surface area contributed by atoms with E-state index in [1.165, 1.54) is 0 Å². The van der Waals surface area contributed by atoms with Crippen molar-refractivity contribution in [2.45, 2.75) is 13.8 Å². The summed E-state index contributed by atoms with van der Waals surface area (Å²) in [4.78, 5) is 12.2. The third kappa shape index (κ3) is 3.08. The van der Waals surface area contributed by atoms with Crippen LogP contribution >= 0.6 is 0 Å². The zero-order valence-corrected chi connectivity index (χ0v) is 12.8. The quantitative estimate of drug-likeness (QED) is 0.573. The highest BCUT2D eigenvalue weighted by Crippen LogP contribution is 2.24. The minimum Gasteiger partial charge on any atom is -0.507 e. The van der Waals surface area contributed by atoms with Gasteiger partial charge in [-0.15, -0.1) is 0 Å². The molecule has 1 amide bonds. The van der Waals surface area contributed by atoms with E-state index in [1.807, 2.05) is 37.3 Å². The molecule has 0 aliphatic carbocycles. The smallest absolute Gasteiger partial charge is 0.275 e. The molecule has 1 aromatic heterocycles. The van der Waals surface area contributed by atoms with Crippen molar-refractivity contribution in [3.05, 3.63) is 65.6 Å². The maximum absolute atomic E-state index is 12.2. The molecule has 0 radical (unpaired) electrons. The van der Waals surface area contributed by atoms with E-state index in [-0.39, 0.29) is 11.3 Å². The van der Waals surface area contributed by atoms with Gasteiger partial charge in [0, 0.05) is 0 Å². The van der Waals surface area contributed by atoms with Crippen LogP contribution in [0.1, 0.15) is 28.8 Å². The fourth-order valence-electron chi connectivity index (χ4n) is 2.29. The van der Waals surface area contributed by atoms with Crippen molar-refractivity contribution >= 4 is 22.4 Å². The number of furan rings is 1. The van der Waals surface area contributed by atoms with Gasteiger partial charge in [0.05, 0.1) is 5.56 Å². The van der Waals surface area contributed by atoms with Crippen molar-refractivity contribution in [1.29, 1.82) is 0 Å². The minimum absolute atomic E-state index is 0.0807. The zero-order valence-electron chi connectivity index (χ0n) is 12.8. The highest BCUT2D eigenvalue weighted by Gasteiger charge is 2.12. The van der Waals surface area contributed by atoms with Crippen molar-refractivity contribution in [3.63, 3.8) is 0 Å². The fourth-order valence-corrected chi connectivity index (χ4v) is 2.29. The molecule has 0 saturated carbocycles. The maximum Gasteiger partial charge on any atom is 0.275 e. The number of fused-ring (bicyclic) bond motifs is 1. The molecule has 0 fully saturated rings. The number of rotatable bonds is 3. The Hall–Kier alpha value is -3.08. The second kappa shape index (κ2) is 5.96. The molecule has 5 heteroatoms. The second-order valence-electron chi connectivity index (χ2n) is 5.26. The molecule has 1 heterocycles. The molecular weight excluding hydrogens is 292 g/mol. The summed E-state index contributed by atoms with van der Waals surface area (Å²) in [6.07, 6.45) is 0. The SMILES string of the molecule is C/C(=N/NC(=O)c1cc2ccccc2cc1O)c1ccc(C)o1. The van der Waals surface area contributed by atoms with E-state index in [0.29, 0.717) is 11.5 Å². The number of aromatic hydroxyl groups is 1. The Morgan fingerprint density at radius 2 is 1.83 bits per heavy atom. The molecule has 0 saturated heterocycles. The fraction of sp³-hybridized carbons (Fsp3) is 0.111. The van der Waals surface area contributed by atoms with E-state index in [2.05, 4.69) is 10.5 Å². The Bertz CT molecular complexity index is 910. The normalized spacial score (nSPS) is 11.7. The predicted octanol–water partition coefficient (Wildman–Crippen LogP) is 3.60. The summed E-state index contributed by atoms with van der Waals surface area (Å²) in [6.45, 7) is 3.57. The average molecular weight is 308 g/mol. The standard InChI is InChI=1S/C18H16N2O3/c1-11-7-8-17(23-11)12(2)19-20-18(22)15-9-13-5-3-4-6-14(13)10-16(15)21/h3-10,21H,1-2H3,(H,20,22)/b19-12-. The van der Waals surface area contributed by atoms with E-state index >= 15 is 0 Å². The minimum atomic E-state index is -0.476. The van der Waals surface area contributed by atoms with Crippen LogP contribution in [0, 0.1) is 6.92 Å². The molecule has 2 N–H and O–H groups in total. The van der Waals surface area contributed by atoms with E-state index < -0.39 is 5.91 Å². The van der Waals surface area contributed by atoms with E-state index in [1.54, 1.807) is 25.1 Å². The molecular formula is C18H16N2O3. The van der Waals surface area contributed by atoms with Gasteiger partial charge in [-0.05, 0) is 48.9 Å². The van der Waals surface area contributed by atoms with Crippen molar-refractivity contribution in [2.75, 3.05) is 0 Å². The first-order valence-electron chi connectivity index (χ1n) is 7.18. The summed E-state index contributed by atoms with van der Waals surface area (Å²) in [5, 5.41) is 15.8. The lowest BCUT2D eigenvalue weighted by molar-refractivity contribution is 0.0952. The molecule has 3 rings (SSSR count). The van der Waals surface area contributed by atoms with E-state index in [0.717, 1.165) is 16.5 Å². The van der Waals surface area contributed by atoms with Gasteiger partial charge in [-0.25, -0.2) is 5.43 Å². The first-order chi connectivity index (χ1) is 11.0. The molecule has 3 aromatic rings. The molecule has 116 valence electrons. The third-order valence-electron chi connectivity index (χ3n) is 3.53. The molecule has 0 atom stereocenters. The van der Waals surface area contributed by atoms with Crippen molar-refractivity contribution in [3.8, 4) is 5.75 Å². The second-order valence-corrected chi connectivity index (χ2v) is 5.26. The number of nitrogens with one attached hydrogen (secondary N) is 1. The van der Waals surface area contributed by atoms with Crippen LogP contribution in [-0.2, 0) is 0 Å². The number of nitrogens with zero attached hydrogens (tertiary/aromatic N) is 1. The molecule has 23 heavy (non-hydrogen) atoms. The van der Waals surface area contributed by atoms with Gasteiger partial charge in [0.25, 0.3) is 5.91 Å². The van der Waals surface area contributed by atoms with Crippen LogP contribution in [0.3, 0.4) is 0 Å². The third-order valence-corrected chi connectivity index (χ3v) is 3.53. The highest BCUT2D eigenvalue weighted by atomic mass is 16.3. The summed E-state index contributed by atoms with van der Waals surface area (Å²) in [5.41, 5.74) is 3.17. The number of aryl methyl sites for hydroxylation is 1. The van der Waals surface area contributed by atoms with Gasteiger partial charge < -0.3 is 9.52 Å². The van der Waals surface area contributed by atoms with Crippen LogP contribution in [0.5, 0.6) is 5.75 Å². The Kier molecular flexibility index (Phi) is 3.85. The van der Waals surface area contributed by atoms with E-state index in [9.17, 15) is 9.90 Å². The van der Waals surface area contributed by atoms with Gasteiger partial charge >= 0.3 is 0 Å². The summed E-state index contributed by atoms with van der Waals surface area (Å²) in [7, 11) is 0. The summed E-state index contributed by atoms with van der Waals surface area (Å²) in [5.74, 6) is 0.803. The molecule has 5 nitrogen and oxygen atoms in total. The first kappa shape index (κ1) is 14.8. The van der Waals surface area contributed by atoms with Gasteiger partial charge in [-0.3, -0.25) is 4.79 Å². The Morgan fingerprint density at radius 1 is 1.13 bits per heavy atom. The summed E-state index contributed by atoms with van der Waals surface area (Å²) < 4.78 is 5.43. The van der Waals surface area contributed by atoms with Crippen molar-refractivity contribution < 1.29 is 14.3 Å². The van der Waals surface area contributed by atoms with Crippen molar-refractivity contribution in [2.24, 2.45) is 5.10 Å². The highest BCUT2D eigenvalue weighted by molar-refractivity contribution is 6.03. The number of phenols is 1. The van der Waals surface area contributed by atoms with Gasteiger partial charge in [-0.2, -0.15) is 5.10 Å². The lowest BCUT2D eigenvalue weighted by Crippen LogP contribution is -2.19. The van der Waals surface area contributed by atoms with Gasteiger partial charge in [0.2, 0.25) is 0 Å². The van der Waals surface area contributed by atoms with Crippen LogP contribution in [0.25, 0.3) is 10.8 Å². The maximum atomic E-state index is 12.2. The Morgan fingerprint density at radius 3 is 2.48 bits per heavy atom. The monoisotopic (exact) mass is 308 g/mol. The number of hydrazone groups is 1. The molecule has 0 bridgehead atoms. The molecule has 2 aromatic carbocycles. The topological polar surface area (TPSA) is 74.8 Å². The van der Waals surface area contributed by atoms with Gasteiger partial charge in [0.15, 0.2) is 0 Å². The largest absolute Gasteiger partial charge is 0.507 e. The van der Waals surface area contributed by atoms with E-state index in [4.69, 9.17) is 4.42 Å². The number of hydrogen-bond acceptors (Lipinski definition) is 4. The molecule has 0 aliphatic heterocycles.